The highest BCUT2D eigenvalue weighted by atomic mass is 32.2. The monoisotopic (exact) mass is 691 g/mol. The molecule has 3 fully saturated rings. The summed E-state index contributed by atoms with van der Waals surface area (Å²) in [5, 5.41) is 12.3. The normalized spacial score (nSPS) is 20.8. The molecule has 3 rings (SSSR count). The highest BCUT2D eigenvalue weighted by Crippen LogP contribution is 2.36. The number of Topliss-reactive ketones (excluding diaryl/α,β-unsaturated/α-hetero) is 1. The fourth-order valence-corrected chi connectivity index (χ4v) is 8.53. The van der Waals surface area contributed by atoms with Gasteiger partial charge in [-0.05, 0) is 56.3 Å². The van der Waals surface area contributed by atoms with Crippen molar-refractivity contribution in [1.29, 1.82) is 0 Å². The van der Waals surface area contributed by atoms with E-state index in [-0.39, 0.29) is 29.9 Å². The maximum absolute atomic E-state index is 14.2. The quantitative estimate of drug-likeness (QED) is 0.102. The van der Waals surface area contributed by atoms with Gasteiger partial charge in [0.05, 0.1) is 11.6 Å². The molecule has 1 heterocycles. The zero-order chi connectivity index (χ0) is 35.9. The van der Waals surface area contributed by atoms with Crippen molar-refractivity contribution in [3.8, 4) is 0 Å². The minimum Gasteiger partial charge on any atom is -0.346 e. The molecule has 5 amide bonds. The second-order valence-corrected chi connectivity index (χ2v) is 16.3. The van der Waals surface area contributed by atoms with E-state index in [1.807, 2.05) is 60.2 Å². The molecule has 0 radical (unpaired) electrons. The molecule has 2 saturated carbocycles. The SMILES string of the molecule is C=CCNC(=O)C(=O)C(CC(C)C)NC(=O)[C@@H]1CCCN1C(=O)C(NC(=O)NC1(CSC2CCCC2)CCCCCC1)C(C)(C)C.CC. The Morgan fingerprint density at radius 2 is 1.54 bits per heavy atom. The molecule has 0 bridgehead atoms. The number of likely N-dealkylation sites (tertiary alicyclic amines) is 1. The molecular formula is C37H65N5O5S. The molecule has 0 aromatic rings. The van der Waals surface area contributed by atoms with Crippen LogP contribution in [0.25, 0.3) is 0 Å². The van der Waals surface area contributed by atoms with Crippen LogP contribution in [0.15, 0.2) is 12.7 Å². The van der Waals surface area contributed by atoms with Gasteiger partial charge in [-0.2, -0.15) is 11.8 Å². The lowest BCUT2D eigenvalue weighted by atomic mass is 9.85. The zero-order valence-electron chi connectivity index (χ0n) is 30.9. The van der Waals surface area contributed by atoms with Crippen molar-refractivity contribution in [3.05, 3.63) is 12.7 Å². The van der Waals surface area contributed by atoms with Crippen molar-refractivity contribution in [2.45, 2.75) is 161 Å². The third kappa shape index (κ3) is 12.7. The number of hydrogen-bond donors (Lipinski definition) is 4. The summed E-state index contributed by atoms with van der Waals surface area (Å²) in [6.07, 6.45) is 14.2. The standard InChI is InChI=1S/C35H59N5O5S.C2H6/c1-7-20-36-31(43)28(41)26(22-24(2)3)37-30(42)27-17-14-21-40(27)32(44)29(34(4,5)6)38-33(45)39-35(18-12-8-9-13-19-35)23-46-25-15-10-11-16-25;1-2/h7,24-27,29H,1,8-23H2,2-6H3,(H,36,43)(H,37,42)(H2,38,39,45);1-2H3/t26?,27-,29?;/m0./s1. The van der Waals surface area contributed by atoms with Gasteiger partial charge in [0.15, 0.2) is 0 Å². The van der Waals surface area contributed by atoms with Crippen LogP contribution in [0.5, 0.6) is 0 Å². The van der Waals surface area contributed by atoms with Crippen molar-refractivity contribution >= 4 is 41.3 Å². The molecule has 2 unspecified atom stereocenters. The highest BCUT2D eigenvalue weighted by Gasteiger charge is 2.44. The Labute approximate surface area is 294 Å². The second-order valence-electron chi connectivity index (χ2n) is 15.1. The van der Waals surface area contributed by atoms with Crippen LogP contribution in [0.4, 0.5) is 4.79 Å². The lowest BCUT2D eigenvalue weighted by Crippen LogP contribution is -2.62. The van der Waals surface area contributed by atoms with E-state index in [0.717, 1.165) is 31.4 Å². The smallest absolute Gasteiger partial charge is 0.315 e. The Balaban J connectivity index is 0.00000392. The van der Waals surface area contributed by atoms with Gasteiger partial charge in [-0.25, -0.2) is 4.79 Å². The molecule has 1 saturated heterocycles. The summed E-state index contributed by atoms with van der Waals surface area (Å²) < 4.78 is 0. The Morgan fingerprint density at radius 3 is 2.10 bits per heavy atom. The summed E-state index contributed by atoms with van der Waals surface area (Å²) in [6.45, 7) is 17.6. The van der Waals surface area contributed by atoms with Crippen LogP contribution in [0.2, 0.25) is 0 Å². The number of carbonyl (C=O) groups is 5. The van der Waals surface area contributed by atoms with E-state index in [1.54, 1.807) is 0 Å². The van der Waals surface area contributed by atoms with E-state index in [0.29, 0.717) is 31.1 Å². The number of thioether (sulfide) groups is 1. The second kappa shape index (κ2) is 20.2. The molecule has 48 heavy (non-hydrogen) atoms. The average molecular weight is 692 g/mol. The first-order valence-corrected chi connectivity index (χ1v) is 19.6. The molecule has 0 aromatic carbocycles. The van der Waals surface area contributed by atoms with Gasteiger partial charge in [0.2, 0.25) is 17.6 Å². The van der Waals surface area contributed by atoms with Gasteiger partial charge in [-0.15, -0.1) is 6.58 Å². The van der Waals surface area contributed by atoms with Crippen molar-refractivity contribution in [1.82, 2.24) is 26.2 Å². The average Bonchev–Trinajstić information content (AvgIpc) is 3.70. The first kappa shape index (κ1) is 41.6. The summed E-state index contributed by atoms with van der Waals surface area (Å²) in [7, 11) is 0. The predicted octanol–water partition coefficient (Wildman–Crippen LogP) is 5.89. The fourth-order valence-electron chi connectivity index (χ4n) is 6.95. The van der Waals surface area contributed by atoms with Gasteiger partial charge in [0, 0.05) is 24.1 Å². The van der Waals surface area contributed by atoms with E-state index in [2.05, 4.69) is 27.8 Å². The Morgan fingerprint density at radius 1 is 0.917 bits per heavy atom. The molecule has 0 aromatic heterocycles. The molecule has 11 heteroatoms. The Bertz CT molecular complexity index is 1080. The van der Waals surface area contributed by atoms with E-state index in [9.17, 15) is 24.0 Å². The van der Waals surface area contributed by atoms with Gasteiger partial charge in [0.1, 0.15) is 12.1 Å². The first-order chi connectivity index (χ1) is 22.8. The van der Waals surface area contributed by atoms with Crippen LogP contribution in [-0.4, -0.2) is 82.2 Å². The van der Waals surface area contributed by atoms with Gasteiger partial charge in [-0.1, -0.05) is 93.1 Å². The maximum Gasteiger partial charge on any atom is 0.315 e. The summed E-state index contributed by atoms with van der Waals surface area (Å²) >= 11 is 2.00. The molecule has 2 aliphatic carbocycles. The molecule has 274 valence electrons. The molecule has 0 spiro atoms. The van der Waals surface area contributed by atoms with Crippen LogP contribution in [0, 0.1) is 11.3 Å². The van der Waals surface area contributed by atoms with Gasteiger partial charge in [0.25, 0.3) is 5.91 Å². The number of carbonyl (C=O) groups excluding carboxylic acids is 5. The number of hydrogen-bond acceptors (Lipinski definition) is 6. The third-order valence-electron chi connectivity index (χ3n) is 9.53. The summed E-state index contributed by atoms with van der Waals surface area (Å²) in [6, 6.07) is -2.99. The van der Waals surface area contributed by atoms with Crippen LogP contribution in [0.3, 0.4) is 0 Å². The topological polar surface area (TPSA) is 137 Å². The lowest BCUT2D eigenvalue weighted by Gasteiger charge is -2.38. The van der Waals surface area contributed by atoms with E-state index >= 15 is 0 Å². The minimum absolute atomic E-state index is 0.0454. The zero-order valence-corrected chi connectivity index (χ0v) is 31.7. The molecule has 3 aliphatic rings. The number of amides is 5. The van der Waals surface area contributed by atoms with Crippen molar-refractivity contribution < 1.29 is 24.0 Å². The van der Waals surface area contributed by atoms with E-state index < -0.39 is 41.1 Å². The molecular weight excluding hydrogens is 627 g/mol. The minimum atomic E-state index is -1.00. The molecule has 1 aliphatic heterocycles. The van der Waals surface area contributed by atoms with Crippen molar-refractivity contribution in [2.24, 2.45) is 11.3 Å². The largest absolute Gasteiger partial charge is 0.346 e. The van der Waals surface area contributed by atoms with E-state index in [4.69, 9.17) is 0 Å². The molecule has 4 N–H and O–H groups in total. The number of nitrogens with one attached hydrogen (secondary N) is 4. The molecule has 10 nitrogen and oxygen atoms in total. The molecule has 3 atom stereocenters. The first-order valence-electron chi connectivity index (χ1n) is 18.5. The Hall–Kier alpha value is -2.56. The summed E-state index contributed by atoms with van der Waals surface area (Å²) in [5.74, 6) is -1.34. The van der Waals surface area contributed by atoms with Crippen molar-refractivity contribution in [2.75, 3.05) is 18.8 Å². The predicted molar refractivity (Wildman–Crippen MR) is 196 cm³/mol. The van der Waals surface area contributed by atoms with Crippen LogP contribution >= 0.6 is 11.8 Å². The number of urea groups is 1. The Kier molecular flexibility index (Phi) is 17.5. The maximum atomic E-state index is 14.2. The van der Waals surface area contributed by atoms with E-state index in [1.165, 1.54) is 49.5 Å². The van der Waals surface area contributed by atoms with Crippen LogP contribution in [-0.2, 0) is 19.2 Å². The van der Waals surface area contributed by atoms with Gasteiger partial charge >= 0.3 is 6.03 Å². The van der Waals surface area contributed by atoms with Gasteiger partial charge in [-0.3, -0.25) is 19.2 Å². The number of nitrogens with zero attached hydrogens (tertiary/aromatic N) is 1. The van der Waals surface area contributed by atoms with Gasteiger partial charge < -0.3 is 26.2 Å². The lowest BCUT2D eigenvalue weighted by molar-refractivity contribution is -0.143. The van der Waals surface area contributed by atoms with Crippen molar-refractivity contribution in [3.63, 3.8) is 0 Å². The third-order valence-corrected chi connectivity index (χ3v) is 11.2. The van der Waals surface area contributed by atoms with Crippen LogP contribution in [0.1, 0.15) is 132 Å². The summed E-state index contributed by atoms with van der Waals surface area (Å²) in [5.41, 5.74) is -0.919. The number of ketones is 1. The van der Waals surface area contributed by atoms with Crippen LogP contribution < -0.4 is 21.3 Å². The summed E-state index contributed by atoms with van der Waals surface area (Å²) in [4.78, 5) is 68.4. The highest BCUT2D eigenvalue weighted by molar-refractivity contribution is 8.00. The number of rotatable bonds is 14. The fraction of sp³-hybridized carbons (Fsp3) is 0.811.